The van der Waals surface area contributed by atoms with Crippen LogP contribution in [-0.4, -0.2) is 18.0 Å². The molecule has 0 saturated heterocycles. The number of fused-ring (bicyclic) bond motifs is 1. The molecule has 2 N–H and O–H groups in total. The van der Waals surface area contributed by atoms with Gasteiger partial charge in [0.2, 0.25) is 5.91 Å². The van der Waals surface area contributed by atoms with Crippen molar-refractivity contribution in [1.29, 1.82) is 0 Å². The van der Waals surface area contributed by atoms with E-state index in [1.54, 1.807) is 7.11 Å². The van der Waals surface area contributed by atoms with Crippen LogP contribution in [0.2, 0.25) is 5.02 Å². The summed E-state index contributed by atoms with van der Waals surface area (Å²) >= 11 is 6.14. The lowest BCUT2D eigenvalue weighted by molar-refractivity contribution is -0.123. The Kier molecular flexibility index (Phi) is 3.92. The summed E-state index contributed by atoms with van der Waals surface area (Å²) in [4.78, 5) is 16.2. The number of para-hydroxylation sites is 1. The Labute approximate surface area is 151 Å². The summed E-state index contributed by atoms with van der Waals surface area (Å²) in [5.74, 6) is 0.839. The van der Waals surface area contributed by atoms with E-state index < -0.39 is 5.41 Å². The summed E-state index contributed by atoms with van der Waals surface area (Å²) in [6.07, 6.45) is 3.64. The molecule has 1 aliphatic rings. The van der Waals surface area contributed by atoms with Gasteiger partial charge in [-0.2, -0.15) is 0 Å². The summed E-state index contributed by atoms with van der Waals surface area (Å²) < 4.78 is 5.35. The Bertz CT molecular complexity index is 944. The Morgan fingerprint density at radius 2 is 2.08 bits per heavy atom. The van der Waals surface area contributed by atoms with Crippen LogP contribution in [0.25, 0.3) is 10.9 Å². The standard InChI is InChI=1S/C20H19ClN2O2/c1-25-18-5-3-2-4-13(18)11-23-19(24)20(8-9-20)16-12-22-17-7-6-14(21)10-15(16)17/h2-7,10,12,22H,8-9,11H2,1H3,(H,23,24). The van der Waals surface area contributed by atoms with Crippen LogP contribution in [-0.2, 0) is 16.8 Å². The number of amides is 1. The molecular formula is C20H19ClN2O2. The number of H-pyrrole nitrogens is 1. The van der Waals surface area contributed by atoms with Crippen LogP contribution in [0.15, 0.2) is 48.7 Å². The van der Waals surface area contributed by atoms with Gasteiger partial charge in [0, 0.05) is 34.2 Å². The van der Waals surface area contributed by atoms with E-state index in [2.05, 4.69) is 10.3 Å². The number of methoxy groups -OCH3 is 1. The molecule has 25 heavy (non-hydrogen) atoms. The Balaban J connectivity index is 1.58. The average Bonchev–Trinajstić information content (AvgIpc) is 3.34. The summed E-state index contributed by atoms with van der Waals surface area (Å²) in [7, 11) is 1.64. The third-order valence-corrected chi connectivity index (χ3v) is 5.21. The molecule has 4 nitrogen and oxygen atoms in total. The van der Waals surface area contributed by atoms with E-state index in [0.717, 1.165) is 40.6 Å². The topological polar surface area (TPSA) is 54.1 Å². The van der Waals surface area contributed by atoms with Gasteiger partial charge < -0.3 is 15.0 Å². The molecule has 128 valence electrons. The van der Waals surface area contributed by atoms with Gasteiger partial charge in [0.05, 0.1) is 12.5 Å². The fourth-order valence-electron chi connectivity index (χ4n) is 3.43. The van der Waals surface area contributed by atoms with E-state index >= 15 is 0 Å². The SMILES string of the molecule is COc1ccccc1CNC(=O)C1(c2c[nH]c3ccc(Cl)cc23)CC1. The molecular weight excluding hydrogens is 336 g/mol. The van der Waals surface area contributed by atoms with Crippen LogP contribution in [0.1, 0.15) is 24.0 Å². The average molecular weight is 355 g/mol. The van der Waals surface area contributed by atoms with E-state index in [4.69, 9.17) is 16.3 Å². The molecule has 0 bridgehead atoms. The van der Waals surface area contributed by atoms with Crippen LogP contribution in [0.5, 0.6) is 5.75 Å². The minimum Gasteiger partial charge on any atom is -0.496 e. The number of carbonyl (C=O) groups is 1. The zero-order chi connectivity index (χ0) is 17.4. The summed E-state index contributed by atoms with van der Waals surface area (Å²) in [6.45, 7) is 0.452. The van der Waals surface area contributed by atoms with E-state index in [1.807, 2.05) is 48.7 Å². The van der Waals surface area contributed by atoms with Crippen molar-refractivity contribution in [3.05, 3.63) is 64.8 Å². The monoisotopic (exact) mass is 354 g/mol. The van der Waals surface area contributed by atoms with Crippen LogP contribution in [0.3, 0.4) is 0 Å². The number of carbonyl (C=O) groups excluding carboxylic acids is 1. The van der Waals surface area contributed by atoms with Crippen molar-refractivity contribution in [2.75, 3.05) is 7.11 Å². The third-order valence-electron chi connectivity index (χ3n) is 4.98. The number of halogens is 1. The zero-order valence-corrected chi connectivity index (χ0v) is 14.7. The van der Waals surface area contributed by atoms with Crippen LogP contribution in [0.4, 0.5) is 0 Å². The van der Waals surface area contributed by atoms with Crippen molar-refractivity contribution >= 4 is 28.4 Å². The van der Waals surface area contributed by atoms with Gasteiger partial charge in [0.1, 0.15) is 5.75 Å². The lowest BCUT2D eigenvalue weighted by atomic mass is 9.94. The highest BCUT2D eigenvalue weighted by Crippen LogP contribution is 2.51. The quantitative estimate of drug-likeness (QED) is 0.722. The normalized spacial score (nSPS) is 15.1. The van der Waals surface area contributed by atoms with Crippen molar-refractivity contribution in [3.63, 3.8) is 0 Å². The van der Waals surface area contributed by atoms with E-state index in [1.165, 1.54) is 0 Å². The molecule has 0 unspecified atom stereocenters. The summed E-state index contributed by atoms with van der Waals surface area (Å²) in [6, 6.07) is 13.5. The van der Waals surface area contributed by atoms with Gasteiger partial charge >= 0.3 is 0 Å². The second kappa shape index (κ2) is 6.12. The lowest BCUT2D eigenvalue weighted by Crippen LogP contribution is -2.34. The second-order valence-corrected chi connectivity index (χ2v) is 6.91. The number of aromatic amines is 1. The molecule has 3 aromatic rings. The van der Waals surface area contributed by atoms with Crippen molar-refractivity contribution in [2.24, 2.45) is 0 Å². The minimum absolute atomic E-state index is 0.0549. The predicted molar refractivity (Wildman–Crippen MR) is 99.1 cm³/mol. The highest BCUT2D eigenvalue weighted by atomic mass is 35.5. The number of hydrogen-bond acceptors (Lipinski definition) is 2. The Hall–Kier alpha value is -2.46. The molecule has 5 heteroatoms. The zero-order valence-electron chi connectivity index (χ0n) is 13.9. The smallest absolute Gasteiger partial charge is 0.231 e. The highest BCUT2D eigenvalue weighted by Gasteiger charge is 2.52. The molecule has 0 atom stereocenters. The predicted octanol–water partition coefficient (Wildman–Crippen LogP) is 4.18. The maximum atomic E-state index is 12.9. The Morgan fingerprint density at radius 1 is 1.28 bits per heavy atom. The molecule has 1 aromatic heterocycles. The number of nitrogens with one attached hydrogen (secondary N) is 2. The first kappa shape index (κ1) is 16.0. The van der Waals surface area contributed by atoms with E-state index in [-0.39, 0.29) is 5.91 Å². The van der Waals surface area contributed by atoms with Gasteiger partial charge in [-0.3, -0.25) is 4.79 Å². The minimum atomic E-state index is -0.453. The first-order valence-corrected chi connectivity index (χ1v) is 8.69. The number of ether oxygens (including phenoxy) is 1. The molecule has 1 saturated carbocycles. The maximum Gasteiger partial charge on any atom is 0.231 e. The van der Waals surface area contributed by atoms with Crippen molar-refractivity contribution in [1.82, 2.24) is 10.3 Å². The van der Waals surface area contributed by atoms with Gasteiger partial charge in [-0.15, -0.1) is 0 Å². The third kappa shape index (κ3) is 2.76. The van der Waals surface area contributed by atoms with E-state index in [9.17, 15) is 4.79 Å². The fraction of sp³-hybridized carbons (Fsp3) is 0.250. The fourth-order valence-corrected chi connectivity index (χ4v) is 3.60. The molecule has 0 spiro atoms. The first-order chi connectivity index (χ1) is 12.1. The summed E-state index contributed by atoms with van der Waals surface area (Å²) in [5, 5.41) is 4.78. The van der Waals surface area contributed by atoms with Crippen LogP contribution >= 0.6 is 11.6 Å². The molecule has 1 heterocycles. The van der Waals surface area contributed by atoms with Gasteiger partial charge in [-0.25, -0.2) is 0 Å². The van der Waals surface area contributed by atoms with Crippen molar-refractivity contribution < 1.29 is 9.53 Å². The maximum absolute atomic E-state index is 12.9. The van der Waals surface area contributed by atoms with E-state index in [0.29, 0.717) is 11.6 Å². The van der Waals surface area contributed by atoms with Gasteiger partial charge in [0.25, 0.3) is 0 Å². The van der Waals surface area contributed by atoms with Gasteiger partial charge in [-0.1, -0.05) is 29.8 Å². The molecule has 1 fully saturated rings. The van der Waals surface area contributed by atoms with Gasteiger partial charge in [0.15, 0.2) is 0 Å². The van der Waals surface area contributed by atoms with Crippen LogP contribution < -0.4 is 10.1 Å². The molecule has 4 rings (SSSR count). The Morgan fingerprint density at radius 3 is 2.84 bits per heavy atom. The highest BCUT2D eigenvalue weighted by molar-refractivity contribution is 6.31. The number of rotatable bonds is 5. The molecule has 2 aromatic carbocycles. The van der Waals surface area contributed by atoms with Gasteiger partial charge in [-0.05, 0) is 42.7 Å². The molecule has 1 amide bonds. The second-order valence-electron chi connectivity index (χ2n) is 6.47. The number of aromatic nitrogens is 1. The van der Waals surface area contributed by atoms with Crippen molar-refractivity contribution in [3.8, 4) is 5.75 Å². The van der Waals surface area contributed by atoms with Crippen molar-refractivity contribution in [2.45, 2.75) is 24.8 Å². The van der Waals surface area contributed by atoms with Crippen LogP contribution in [0, 0.1) is 0 Å². The molecule has 1 aliphatic carbocycles. The first-order valence-electron chi connectivity index (χ1n) is 8.31. The lowest BCUT2D eigenvalue weighted by Gasteiger charge is -2.16. The largest absolute Gasteiger partial charge is 0.496 e. The number of benzene rings is 2. The number of hydrogen-bond donors (Lipinski definition) is 2. The molecule has 0 radical (unpaired) electrons. The summed E-state index contributed by atoms with van der Waals surface area (Å²) in [5.41, 5.74) is 2.55. The molecule has 0 aliphatic heterocycles.